The van der Waals surface area contributed by atoms with Gasteiger partial charge in [-0.25, -0.2) is 0 Å². The molecule has 140 valence electrons. The number of anilines is 1. The minimum absolute atomic E-state index is 0. The highest BCUT2D eigenvalue weighted by Crippen LogP contribution is 2.13. The number of hydrogen-bond donors (Lipinski definition) is 1. The third kappa shape index (κ3) is 6.55. The van der Waals surface area contributed by atoms with E-state index in [0.29, 0.717) is 18.7 Å². The Labute approximate surface area is 167 Å². The third-order valence-electron chi connectivity index (χ3n) is 4.39. The zero-order valence-electron chi connectivity index (χ0n) is 15.3. The molecule has 0 aliphatic rings. The van der Waals surface area contributed by atoms with Crippen molar-refractivity contribution in [2.75, 3.05) is 12.3 Å². The Kier molecular flexibility index (Phi) is 8.05. The van der Waals surface area contributed by atoms with Crippen LogP contribution in [0, 0.1) is 0 Å². The summed E-state index contributed by atoms with van der Waals surface area (Å²) in [7, 11) is 0. The number of carbonyl (C=O) groups is 1. The minimum Gasteiger partial charge on any atom is -0.399 e. The summed E-state index contributed by atoms with van der Waals surface area (Å²) in [4.78, 5) is 14.8. The lowest BCUT2D eigenvalue weighted by atomic mass is 10.1. The zero-order valence-corrected chi connectivity index (χ0v) is 16.1. The number of rotatable bonds is 8. The van der Waals surface area contributed by atoms with Crippen LogP contribution in [0.4, 0.5) is 5.69 Å². The Hall–Kier alpha value is -2.62. The number of hydrogen-bond acceptors (Lipinski definition) is 3. The first kappa shape index (κ1) is 20.7. The van der Waals surface area contributed by atoms with E-state index in [1.54, 1.807) is 24.3 Å². The minimum atomic E-state index is 0. The van der Waals surface area contributed by atoms with Crippen LogP contribution in [0.1, 0.15) is 27.9 Å². The Bertz CT molecular complexity index is 779. The second-order valence-corrected chi connectivity index (χ2v) is 6.48. The summed E-state index contributed by atoms with van der Waals surface area (Å²) in [6.45, 7) is 2.36. The number of nitrogens with zero attached hydrogens (tertiary/aromatic N) is 1. The number of carbonyl (C=O) groups excluding carboxylic acids is 1. The van der Waals surface area contributed by atoms with E-state index in [0.717, 1.165) is 18.7 Å². The quantitative estimate of drug-likeness (QED) is 0.443. The Morgan fingerprint density at radius 1 is 0.741 bits per heavy atom. The van der Waals surface area contributed by atoms with Crippen LogP contribution in [0.15, 0.2) is 84.9 Å². The molecule has 0 aliphatic heterocycles. The number of ketones is 1. The number of nitrogen functional groups attached to an aromatic ring is 1. The van der Waals surface area contributed by atoms with Crippen molar-refractivity contribution in [1.29, 1.82) is 0 Å². The van der Waals surface area contributed by atoms with E-state index in [1.807, 2.05) is 12.1 Å². The number of nitrogens with two attached hydrogens (primary N) is 1. The Balaban J connectivity index is 0.00000261. The molecule has 0 aliphatic carbocycles. The number of benzene rings is 3. The molecular formula is C23H25ClN2O. The summed E-state index contributed by atoms with van der Waals surface area (Å²) in [5, 5.41) is 0. The van der Waals surface area contributed by atoms with Crippen molar-refractivity contribution in [2.24, 2.45) is 0 Å². The van der Waals surface area contributed by atoms with Gasteiger partial charge >= 0.3 is 0 Å². The van der Waals surface area contributed by atoms with Crippen LogP contribution in [0.2, 0.25) is 0 Å². The Morgan fingerprint density at radius 2 is 1.22 bits per heavy atom. The fourth-order valence-corrected chi connectivity index (χ4v) is 2.97. The van der Waals surface area contributed by atoms with E-state index in [1.165, 1.54) is 11.1 Å². The first-order chi connectivity index (χ1) is 12.7. The van der Waals surface area contributed by atoms with Crippen molar-refractivity contribution in [3.8, 4) is 0 Å². The molecule has 0 radical (unpaired) electrons. The van der Waals surface area contributed by atoms with Gasteiger partial charge in [-0.3, -0.25) is 9.69 Å². The van der Waals surface area contributed by atoms with Gasteiger partial charge in [-0.2, -0.15) is 0 Å². The van der Waals surface area contributed by atoms with E-state index >= 15 is 0 Å². The standard InChI is InChI=1S/C23H24N2O.ClH/c24-22-13-11-21(12-14-22)23(26)15-16-25(17-19-7-3-1-4-8-19)18-20-9-5-2-6-10-20;/h1-14H,15-18,24H2;1H. The molecule has 3 rings (SSSR count). The van der Waals surface area contributed by atoms with Gasteiger partial charge < -0.3 is 5.73 Å². The number of halogens is 1. The summed E-state index contributed by atoms with van der Waals surface area (Å²) in [5.41, 5.74) is 9.61. The molecule has 4 heteroatoms. The van der Waals surface area contributed by atoms with Gasteiger partial charge in [0, 0.05) is 37.3 Å². The molecule has 0 fully saturated rings. The van der Waals surface area contributed by atoms with Crippen molar-refractivity contribution >= 4 is 23.9 Å². The fraction of sp³-hybridized carbons (Fsp3) is 0.174. The van der Waals surface area contributed by atoms with Gasteiger partial charge in [0.15, 0.2) is 5.78 Å². The van der Waals surface area contributed by atoms with Crippen LogP contribution < -0.4 is 5.73 Å². The zero-order chi connectivity index (χ0) is 18.2. The first-order valence-electron chi connectivity index (χ1n) is 8.89. The molecule has 0 saturated carbocycles. The smallest absolute Gasteiger partial charge is 0.164 e. The molecule has 0 amide bonds. The predicted molar refractivity (Wildman–Crippen MR) is 114 cm³/mol. The highest BCUT2D eigenvalue weighted by Gasteiger charge is 2.11. The predicted octanol–water partition coefficient (Wildman–Crippen LogP) is 4.97. The molecule has 3 aromatic rings. The highest BCUT2D eigenvalue weighted by molar-refractivity contribution is 5.96. The SMILES string of the molecule is Cl.Nc1ccc(C(=O)CCN(Cc2ccccc2)Cc2ccccc2)cc1. The lowest BCUT2D eigenvalue weighted by Crippen LogP contribution is -2.25. The molecule has 27 heavy (non-hydrogen) atoms. The van der Waals surface area contributed by atoms with E-state index in [2.05, 4.69) is 53.4 Å². The maximum Gasteiger partial charge on any atom is 0.164 e. The van der Waals surface area contributed by atoms with Gasteiger partial charge in [0.05, 0.1) is 0 Å². The maximum absolute atomic E-state index is 12.5. The van der Waals surface area contributed by atoms with E-state index in [9.17, 15) is 4.79 Å². The lowest BCUT2D eigenvalue weighted by molar-refractivity contribution is 0.0960. The van der Waals surface area contributed by atoms with Crippen molar-refractivity contribution in [1.82, 2.24) is 4.90 Å². The molecule has 3 nitrogen and oxygen atoms in total. The molecular weight excluding hydrogens is 356 g/mol. The molecule has 0 aromatic heterocycles. The molecule has 3 aromatic carbocycles. The van der Waals surface area contributed by atoms with E-state index in [-0.39, 0.29) is 18.2 Å². The van der Waals surface area contributed by atoms with Crippen molar-refractivity contribution < 1.29 is 4.79 Å². The molecule has 0 spiro atoms. The molecule has 0 atom stereocenters. The van der Waals surface area contributed by atoms with Crippen molar-refractivity contribution in [3.05, 3.63) is 102 Å². The lowest BCUT2D eigenvalue weighted by Gasteiger charge is -2.22. The summed E-state index contributed by atoms with van der Waals surface area (Å²) < 4.78 is 0. The third-order valence-corrected chi connectivity index (χ3v) is 4.39. The first-order valence-corrected chi connectivity index (χ1v) is 8.89. The van der Waals surface area contributed by atoms with E-state index < -0.39 is 0 Å². The van der Waals surface area contributed by atoms with Crippen LogP contribution >= 0.6 is 12.4 Å². The maximum atomic E-state index is 12.5. The van der Waals surface area contributed by atoms with Gasteiger partial charge in [0.2, 0.25) is 0 Å². The van der Waals surface area contributed by atoms with Gasteiger partial charge in [-0.05, 0) is 35.4 Å². The second-order valence-electron chi connectivity index (χ2n) is 6.48. The average Bonchev–Trinajstić information content (AvgIpc) is 2.68. The van der Waals surface area contributed by atoms with Crippen LogP contribution in [-0.4, -0.2) is 17.2 Å². The molecule has 0 heterocycles. The average molecular weight is 381 g/mol. The highest BCUT2D eigenvalue weighted by atomic mass is 35.5. The second kappa shape index (κ2) is 10.5. The fourth-order valence-electron chi connectivity index (χ4n) is 2.97. The van der Waals surface area contributed by atoms with Crippen molar-refractivity contribution in [2.45, 2.75) is 19.5 Å². The Morgan fingerprint density at radius 3 is 1.70 bits per heavy atom. The summed E-state index contributed by atoms with van der Waals surface area (Å²) >= 11 is 0. The summed E-state index contributed by atoms with van der Waals surface area (Å²) in [5.74, 6) is 0.149. The summed E-state index contributed by atoms with van der Waals surface area (Å²) in [6.07, 6.45) is 0.490. The largest absolute Gasteiger partial charge is 0.399 e. The van der Waals surface area contributed by atoms with Gasteiger partial charge in [0.1, 0.15) is 0 Å². The monoisotopic (exact) mass is 380 g/mol. The van der Waals surface area contributed by atoms with Crippen LogP contribution in [0.3, 0.4) is 0 Å². The molecule has 0 unspecified atom stereocenters. The van der Waals surface area contributed by atoms with Gasteiger partial charge in [-0.15, -0.1) is 12.4 Å². The van der Waals surface area contributed by atoms with Gasteiger partial charge in [-0.1, -0.05) is 60.7 Å². The molecule has 2 N–H and O–H groups in total. The molecule has 0 bridgehead atoms. The van der Waals surface area contributed by atoms with Crippen LogP contribution in [0.25, 0.3) is 0 Å². The number of Topliss-reactive ketones (excluding diaryl/α,β-unsaturated/α-hetero) is 1. The van der Waals surface area contributed by atoms with Crippen LogP contribution in [-0.2, 0) is 13.1 Å². The van der Waals surface area contributed by atoms with Crippen molar-refractivity contribution in [3.63, 3.8) is 0 Å². The topological polar surface area (TPSA) is 46.3 Å². The summed E-state index contributed by atoms with van der Waals surface area (Å²) in [6, 6.07) is 27.9. The van der Waals surface area contributed by atoms with Gasteiger partial charge in [0.25, 0.3) is 0 Å². The van der Waals surface area contributed by atoms with Crippen LogP contribution in [0.5, 0.6) is 0 Å². The van der Waals surface area contributed by atoms with E-state index in [4.69, 9.17) is 5.73 Å². The molecule has 0 saturated heterocycles. The normalized spacial score (nSPS) is 10.4.